The molecule has 0 saturated carbocycles. The number of fused-ring (bicyclic) bond motifs is 8. The van der Waals surface area contributed by atoms with E-state index in [1.165, 1.54) is 53.3 Å². The van der Waals surface area contributed by atoms with E-state index in [1.807, 2.05) is 0 Å². The zero-order chi connectivity index (χ0) is 40.3. The number of hydrogen-bond donors (Lipinski definition) is 0. The standard InChI is InChI=1S/C56H38N4Si/c1-5-19-40(20-6-1)59-49-31-17-14-28-46(49)53-51(59)37-38-52-54(53)47-29-15-18-32-50(47)60(52)56-57-48-30-16-13-27-45(48)55(58-56)39-33-35-44(36-34-39)61(41-21-7-2-8-22-41,42-23-9-3-10-24-42)43-25-11-4-12-26-43/h1-38H. The van der Waals surface area contributed by atoms with E-state index in [0.717, 1.165) is 38.9 Å². The second-order valence-electron chi connectivity index (χ2n) is 15.7. The smallest absolute Gasteiger partial charge is 0.235 e. The summed E-state index contributed by atoms with van der Waals surface area (Å²) in [6.45, 7) is 0. The minimum Gasteiger partial charge on any atom is -0.309 e. The Bertz CT molecular complexity index is 3460. The van der Waals surface area contributed by atoms with Gasteiger partial charge >= 0.3 is 0 Å². The Hall–Kier alpha value is -7.86. The number of hydrogen-bond acceptors (Lipinski definition) is 2. The Morgan fingerprint density at radius 1 is 0.311 bits per heavy atom. The van der Waals surface area contributed by atoms with Crippen LogP contribution in [0.25, 0.3) is 77.4 Å². The molecule has 0 amide bonds. The summed E-state index contributed by atoms with van der Waals surface area (Å²) in [5.74, 6) is 0.650. The third kappa shape index (κ3) is 5.38. The third-order valence-corrected chi connectivity index (χ3v) is 17.3. The third-order valence-electron chi connectivity index (χ3n) is 12.5. The highest BCUT2D eigenvalue weighted by molar-refractivity contribution is 7.19. The van der Waals surface area contributed by atoms with E-state index >= 15 is 0 Å². The fraction of sp³-hybridized carbons (Fsp3) is 0. The van der Waals surface area contributed by atoms with Crippen LogP contribution in [0.1, 0.15) is 0 Å². The molecule has 9 aromatic carbocycles. The zero-order valence-corrected chi connectivity index (χ0v) is 34.2. The summed E-state index contributed by atoms with van der Waals surface area (Å²) in [7, 11) is -2.69. The number of rotatable bonds is 7. The molecule has 3 heterocycles. The molecule has 3 aromatic heterocycles. The van der Waals surface area contributed by atoms with Crippen molar-refractivity contribution in [1.29, 1.82) is 0 Å². The number of nitrogens with zero attached hydrogens (tertiary/aromatic N) is 4. The summed E-state index contributed by atoms with van der Waals surface area (Å²) in [6.07, 6.45) is 0. The summed E-state index contributed by atoms with van der Waals surface area (Å²) in [4.78, 5) is 10.9. The van der Waals surface area contributed by atoms with Crippen molar-refractivity contribution in [2.24, 2.45) is 0 Å². The van der Waals surface area contributed by atoms with Gasteiger partial charge in [-0.3, -0.25) is 4.57 Å². The van der Waals surface area contributed by atoms with Gasteiger partial charge in [0.05, 0.1) is 33.3 Å². The van der Waals surface area contributed by atoms with Gasteiger partial charge in [-0.15, -0.1) is 0 Å². The number of aromatic nitrogens is 4. The average Bonchev–Trinajstić information content (AvgIpc) is 3.86. The van der Waals surface area contributed by atoms with Crippen LogP contribution in [0, 0.1) is 0 Å². The Morgan fingerprint density at radius 2 is 0.738 bits per heavy atom. The first-order chi connectivity index (χ1) is 30.3. The first kappa shape index (κ1) is 35.1. The fourth-order valence-electron chi connectivity index (χ4n) is 9.92. The first-order valence-corrected chi connectivity index (χ1v) is 22.8. The zero-order valence-electron chi connectivity index (χ0n) is 33.2. The van der Waals surface area contributed by atoms with Crippen molar-refractivity contribution in [2.45, 2.75) is 0 Å². The van der Waals surface area contributed by atoms with Crippen LogP contribution in [0.4, 0.5) is 0 Å². The summed E-state index contributed by atoms with van der Waals surface area (Å²) in [5.41, 5.74) is 8.50. The van der Waals surface area contributed by atoms with Gasteiger partial charge in [0.25, 0.3) is 0 Å². The van der Waals surface area contributed by atoms with Gasteiger partial charge in [-0.2, -0.15) is 0 Å². The summed E-state index contributed by atoms with van der Waals surface area (Å²) >= 11 is 0. The molecule has 0 aliphatic rings. The van der Waals surface area contributed by atoms with Crippen LogP contribution in [0.15, 0.2) is 231 Å². The maximum atomic E-state index is 5.53. The minimum atomic E-state index is -2.69. The Balaban J connectivity index is 1.09. The predicted molar refractivity (Wildman–Crippen MR) is 257 cm³/mol. The second kappa shape index (κ2) is 14.2. The van der Waals surface area contributed by atoms with Crippen LogP contribution in [0.2, 0.25) is 0 Å². The van der Waals surface area contributed by atoms with Gasteiger partial charge in [-0.25, -0.2) is 9.97 Å². The fourth-order valence-corrected chi connectivity index (χ4v) is 14.7. The lowest BCUT2D eigenvalue weighted by molar-refractivity contribution is 1.01. The van der Waals surface area contributed by atoms with E-state index in [-0.39, 0.29) is 0 Å². The molecule has 0 N–H and O–H groups in total. The molecule has 4 nitrogen and oxygen atoms in total. The van der Waals surface area contributed by atoms with Crippen molar-refractivity contribution in [2.75, 3.05) is 0 Å². The van der Waals surface area contributed by atoms with Crippen LogP contribution in [-0.2, 0) is 0 Å². The van der Waals surface area contributed by atoms with E-state index < -0.39 is 8.07 Å². The van der Waals surface area contributed by atoms with Crippen molar-refractivity contribution < 1.29 is 0 Å². The van der Waals surface area contributed by atoms with Crippen LogP contribution < -0.4 is 20.7 Å². The molecule has 0 bridgehead atoms. The normalized spacial score (nSPS) is 11.9. The van der Waals surface area contributed by atoms with Crippen molar-refractivity contribution in [1.82, 2.24) is 19.1 Å². The molecule has 0 saturated heterocycles. The van der Waals surface area contributed by atoms with Crippen molar-refractivity contribution in [3.63, 3.8) is 0 Å². The molecule has 0 atom stereocenters. The highest BCUT2D eigenvalue weighted by atomic mass is 28.3. The highest BCUT2D eigenvalue weighted by Gasteiger charge is 2.41. The Kier molecular flexibility index (Phi) is 8.15. The lowest BCUT2D eigenvalue weighted by Crippen LogP contribution is -2.74. The molecule has 286 valence electrons. The van der Waals surface area contributed by atoms with Crippen molar-refractivity contribution in [3.05, 3.63) is 231 Å². The average molecular weight is 795 g/mol. The lowest BCUT2D eigenvalue weighted by atomic mass is 10.1. The van der Waals surface area contributed by atoms with E-state index in [1.54, 1.807) is 0 Å². The molecule has 61 heavy (non-hydrogen) atoms. The monoisotopic (exact) mass is 794 g/mol. The van der Waals surface area contributed by atoms with E-state index in [2.05, 4.69) is 240 Å². The second-order valence-corrected chi connectivity index (χ2v) is 19.5. The van der Waals surface area contributed by atoms with Gasteiger partial charge in [0.1, 0.15) is 0 Å². The molecule has 0 aliphatic carbocycles. The SMILES string of the molecule is c1ccc(-n2c3ccccc3c3c4c5ccccc5n(-c5nc(-c6ccc([Si](c7ccccc7)(c7ccccc7)c7ccccc7)cc6)c6ccccc6n5)c4ccc32)cc1. The van der Waals surface area contributed by atoms with Gasteiger partial charge in [0.2, 0.25) is 5.95 Å². The topological polar surface area (TPSA) is 35.6 Å². The maximum Gasteiger partial charge on any atom is 0.235 e. The molecule has 0 fully saturated rings. The molecular weight excluding hydrogens is 757 g/mol. The van der Waals surface area contributed by atoms with Gasteiger partial charge in [-0.05, 0) is 63.2 Å². The molecular formula is C56H38N4Si. The number of benzene rings is 9. The van der Waals surface area contributed by atoms with Crippen LogP contribution in [0.5, 0.6) is 0 Å². The molecule has 12 rings (SSSR count). The van der Waals surface area contributed by atoms with Crippen molar-refractivity contribution >= 4 is 83.3 Å². The molecule has 0 unspecified atom stereocenters. The first-order valence-electron chi connectivity index (χ1n) is 20.8. The van der Waals surface area contributed by atoms with E-state index in [9.17, 15) is 0 Å². The van der Waals surface area contributed by atoms with Gasteiger partial charge in [-0.1, -0.05) is 188 Å². The maximum absolute atomic E-state index is 5.53. The van der Waals surface area contributed by atoms with Crippen LogP contribution in [-0.4, -0.2) is 27.2 Å². The van der Waals surface area contributed by atoms with Gasteiger partial charge in [0.15, 0.2) is 8.07 Å². The molecule has 0 spiro atoms. The summed E-state index contributed by atoms with van der Waals surface area (Å²) in [6, 6.07) is 83.5. The minimum absolute atomic E-state index is 0.650. The largest absolute Gasteiger partial charge is 0.309 e. The van der Waals surface area contributed by atoms with E-state index in [0.29, 0.717) is 5.95 Å². The Labute approximate surface area is 354 Å². The molecule has 5 heteroatoms. The molecule has 0 radical (unpaired) electrons. The lowest BCUT2D eigenvalue weighted by Gasteiger charge is -2.34. The van der Waals surface area contributed by atoms with Crippen molar-refractivity contribution in [3.8, 4) is 22.9 Å². The Morgan fingerprint density at radius 3 is 1.30 bits per heavy atom. The number of para-hydroxylation sites is 4. The summed E-state index contributed by atoms with van der Waals surface area (Å²) < 4.78 is 4.65. The van der Waals surface area contributed by atoms with Gasteiger partial charge < -0.3 is 4.57 Å². The van der Waals surface area contributed by atoms with E-state index in [4.69, 9.17) is 9.97 Å². The van der Waals surface area contributed by atoms with Crippen LogP contribution in [0.3, 0.4) is 0 Å². The quantitative estimate of drug-likeness (QED) is 0.119. The van der Waals surface area contributed by atoms with Crippen LogP contribution >= 0.6 is 0 Å². The molecule has 12 aromatic rings. The highest BCUT2D eigenvalue weighted by Crippen LogP contribution is 2.42. The predicted octanol–water partition coefficient (Wildman–Crippen LogP) is 10.9. The summed E-state index contributed by atoms with van der Waals surface area (Å²) in [5, 5.41) is 11.2. The molecule has 0 aliphatic heterocycles. The van der Waals surface area contributed by atoms with Gasteiger partial charge in [0, 0.05) is 38.2 Å².